The largest absolute Gasteiger partial charge is 0.478 e. The number of nitrogens with zero attached hydrogens (tertiary/aromatic N) is 1. The van der Waals surface area contributed by atoms with Gasteiger partial charge < -0.3 is 10.0 Å². The summed E-state index contributed by atoms with van der Waals surface area (Å²) in [5.74, 6) is -1.13. The Hall–Kier alpha value is -1.58. The van der Waals surface area contributed by atoms with Gasteiger partial charge >= 0.3 is 5.97 Å². The van der Waals surface area contributed by atoms with Gasteiger partial charge in [0.1, 0.15) is 5.82 Å². The summed E-state index contributed by atoms with van der Waals surface area (Å²) in [5, 5.41) is 9.32. The zero-order chi connectivity index (χ0) is 14.7. The van der Waals surface area contributed by atoms with E-state index in [-0.39, 0.29) is 5.56 Å². The molecule has 20 heavy (non-hydrogen) atoms. The van der Waals surface area contributed by atoms with Gasteiger partial charge in [-0.1, -0.05) is 26.7 Å². The Kier molecular flexibility index (Phi) is 4.63. The predicted octanol–water partition coefficient (Wildman–Crippen LogP) is 3.93. The van der Waals surface area contributed by atoms with Crippen LogP contribution in [0.5, 0.6) is 0 Å². The molecule has 0 heterocycles. The van der Waals surface area contributed by atoms with E-state index in [2.05, 4.69) is 18.7 Å². The Morgan fingerprint density at radius 1 is 1.40 bits per heavy atom. The molecular formula is C16H22FNO2. The van der Waals surface area contributed by atoms with Crippen LogP contribution in [0.25, 0.3) is 0 Å². The summed E-state index contributed by atoms with van der Waals surface area (Å²) in [7, 11) is 0. The molecule has 0 radical (unpaired) electrons. The highest BCUT2D eigenvalue weighted by Gasteiger charge is 2.26. The van der Waals surface area contributed by atoms with Crippen LogP contribution in [0.2, 0.25) is 0 Å². The standard InChI is InChI=1S/C16H22FNO2/c1-11(2)10-18(13-5-3-4-6-13)15-8-7-12(17)9-14(15)16(19)20/h7-9,11,13H,3-6,10H2,1-2H3,(H,19,20). The summed E-state index contributed by atoms with van der Waals surface area (Å²) >= 11 is 0. The third-order valence-electron chi connectivity index (χ3n) is 3.83. The average molecular weight is 279 g/mol. The summed E-state index contributed by atoms with van der Waals surface area (Å²) in [6, 6.07) is 4.46. The summed E-state index contributed by atoms with van der Waals surface area (Å²) in [4.78, 5) is 13.6. The summed E-state index contributed by atoms with van der Waals surface area (Å²) in [6.45, 7) is 5.04. The monoisotopic (exact) mass is 279 g/mol. The Balaban J connectivity index is 2.39. The molecule has 1 aromatic rings. The lowest BCUT2D eigenvalue weighted by molar-refractivity contribution is 0.0697. The van der Waals surface area contributed by atoms with E-state index < -0.39 is 11.8 Å². The van der Waals surface area contributed by atoms with E-state index in [1.165, 1.54) is 18.9 Å². The maximum atomic E-state index is 13.3. The SMILES string of the molecule is CC(C)CN(c1ccc(F)cc1C(=O)O)C1CCCC1. The molecule has 1 saturated carbocycles. The Labute approximate surface area is 119 Å². The number of rotatable bonds is 5. The Bertz CT molecular complexity index is 481. The van der Waals surface area contributed by atoms with Crippen LogP contribution in [0.1, 0.15) is 49.9 Å². The highest BCUT2D eigenvalue weighted by molar-refractivity contribution is 5.94. The van der Waals surface area contributed by atoms with E-state index in [0.29, 0.717) is 17.6 Å². The lowest BCUT2D eigenvalue weighted by Gasteiger charge is -2.33. The highest BCUT2D eigenvalue weighted by atomic mass is 19.1. The van der Waals surface area contributed by atoms with Gasteiger partial charge in [0, 0.05) is 12.6 Å². The molecule has 1 aromatic carbocycles. The maximum absolute atomic E-state index is 13.3. The van der Waals surface area contributed by atoms with Crippen molar-refractivity contribution in [2.75, 3.05) is 11.4 Å². The zero-order valence-electron chi connectivity index (χ0n) is 12.1. The van der Waals surface area contributed by atoms with Crippen molar-refractivity contribution in [2.24, 2.45) is 5.92 Å². The lowest BCUT2D eigenvalue weighted by atomic mass is 10.1. The van der Waals surface area contributed by atoms with Gasteiger partial charge in [-0.3, -0.25) is 0 Å². The van der Waals surface area contributed by atoms with E-state index in [1.807, 2.05) is 0 Å². The van der Waals surface area contributed by atoms with Crippen molar-refractivity contribution >= 4 is 11.7 Å². The third kappa shape index (κ3) is 3.30. The second-order valence-electron chi connectivity index (χ2n) is 5.95. The molecule has 1 N–H and O–H groups in total. The molecule has 110 valence electrons. The van der Waals surface area contributed by atoms with Gasteiger partial charge in [0.2, 0.25) is 0 Å². The van der Waals surface area contributed by atoms with Gasteiger partial charge in [0.25, 0.3) is 0 Å². The topological polar surface area (TPSA) is 40.5 Å². The molecule has 4 heteroatoms. The number of hydrogen-bond donors (Lipinski definition) is 1. The van der Waals surface area contributed by atoms with Crippen molar-refractivity contribution < 1.29 is 14.3 Å². The van der Waals surface area contributed by atoms with E-state index in [9.17, 15) is 14.3 Å². The van der Waals surface area contributed by atoms with Gasteiger partial charge in [-0.25, -0.2) is 9.18 Å². The van der Waals surface area contributed by atoms with Crippen molar-refractivity contribution in [3.05, 3.63) is 29.6 Å². The number of carboxylic acid groups (broad SMARTS) is 1. The van der Waals surface area contributed by atoms with Crippen LogP contribution >= 0.6 is 0 Å². The van der Waals surface area contributed by atoms with E-state index in [0.717, 1.165) is 25.5 Å². The quantitative estimate of drug-likeness (QED) is 0.887. The van der Waals surface area contributed by atoms with Crippen molar-refractivity contribution in [1.29, 1.82) is 0 Å². The molecule has 0 spiro atoms. The van der Waals surface area contributed by atoms with Crippen LogP contribution in [0.15, 0.2) is 18.2 Å². The number of carbonyl (C=O) groups is 1. The Morgan fingerprint density at radius 3 is 2.60 bits per heavy atom. The summed E-state index contributed by atoms with van der Waals surface area (Å²) in [5.41, 5.74) is 0.719. The number of anilines is 1. The van der Waals surface area contributed by atoms with Crippen molar-refractivity contribution in [3.63, 3.8) is 0 Å². The van der Waals surface area contributed by atoms with Crippen LogP contribution in [0, 0.1) is 11.7 Å². The van der Waals surface area contributed by atoms with Crippen LogP contribution in [-0.4, -0.2) is 23.7 Å². The van der Waals surface area contributed by atoms with Crippen molar-refractivity contribution in [1.82, 2.24) is 0 Å². The fourth-order valence-electron chi connectivity index (χ4n) is 2.98. The molecule has 0 aromatic heterocycles. The lowest BCUT2D eigenvalue weighted by Crippen LogP contribution is -2.37. The smallest absolute Gasteiger partial charge is 0.337 e. The fraction of sp³-hybridized carbons (Fsp3) is 0.562. The van der Waals surface area contributed by atoms with Gasteiger partial charge in [-0.2, -0.15) is 0 Å². The van der Waals surface area contributed by atoms with Gasteiger partial charge in [-0.15, -0.1) is 0 Å². The summed E-state index contributed by atoms with van der Waals surface area (Å²) in [6.07, 6.45) is 4.54. The first-order chi connectivity index (χ1) is 9.49. The first kappa shape index (κ1) is 14.8. The minimum atomic E-state index is -1.06. The molecule has 1 fully saturated rings. The minimum absolute atomic E-state index is 0.0672. The molecule has 1 aliphatic carbocycles. The first-order valence-corrected chi connectivity index (χ1v) is 7.28. The average Bonchev–Trinajstić information content (AvgIpc) is 2.89. The van der Waals surface area contributed by atoms with Gasteiger partial charge in [-0.05, 0) is 37.0 Å². The summed E-state index contributed by atoms with van der Waals surface area (Å²) < 4.78 is 13.3. The molecule has 0 bridgehead atoms. The second kappa shape index (κ2) is 6.25. The van der Waals surface area contributed by atoms with Crippen molar-refractivity contribution in [2.45, 2.75) is 45.6 Å². The number of carboxylic acids is 1. The van der Waals surface area contributed by atoms with Crippen LogP contribution < -0.4 is 4.90 Å². The van der Waals surface area contributed by atoms with Crippen LogP contribution in [-0.2, 0) is 0 Å². The molecule has 2 rings (SSSR count). The Morgan fingerprint density at radius 2 is 2.05 bits per heavy atom. The normalized spacial score (nSPS) is 15.8. The van der Waals surface area contributed by atoms with E-state index in [4.69, 9.17) is 0 Å². The molecule has 0 aliphatic heterocycles. The molecular weight excluding hydrogens is 257 g/mol. The van der Waals surface area contributed by atoms with Crippen LogP contribution in [0.4, 0.5) is 10.1 Å². The number of benzene rings is 1. The fourth-order valence-corrected chi connectivity index (χ4v) is 2.98. The van der Waals surface area contributed by atoms with Crippen molar-refractivity contribution in [3.8, 4) is 0 Å². The van der Waals surface area contributed by atoms with E-state index >= 15 is 0 Å². The van der Waals surface area contributed by atoms with Gasteiger partial charge in [0.05, 0.1) is 11.3 Å². The number of aromatic carboxylic acids is 1. The van der Waals surface area contributed by atoms with E-state index in [1.54, 1.807) is 6.07 Å². The predicted molar refractivity (Wildman–Crippen MR) is 77.8 cm³/mol. The molecule has 1 aliphatic rings. The number of hydrogen-bond acceptors (Lipinski definition) is 2. The molecule has 0 saturated heterocycles. The first-order valence-electron chi connectivity index (χ1n) is 7.28. The molecule has 0 unspecified atom stereocenters. The highest BCUT2D eigenvalue weighted by Crippen LogP contribution is 2.31. The second-order valence-corrected chi connectivity index (χ2v) is 5.95. The minimum Gasteiger partial charge on any atom is -0.478 e. The number of halogens is 1. The molecule has 3 nitrogen and oxygen atoms in total. The van der Waals surface area contributed by atoms with Crippen LogP contribution in [0.3, 0.4) is 0 Å². The maximum Gasteiger partial charge on any atom is 0.337 e. The third-order valence-corrected chi connectivity index (χ3v) is 3.83. The molecule has 0 atom stereocenters. The van der Waals surface area contributed by atoms with Gasteiger partial charge in [0.15, 0.2) is 0 Å². The zero-order valence-corrected chi connectivity index (χ0v) is 12.1. The molecule has 0 amide bonds.